The molecule has 0 N–H and O–H groups in total. The highest BCUT2D eigenvalue weighted by Crippen LogP contribution is 2.37. The van der Waals surface area contributed by atoms with Crippen molar-refractivity contribution in [3.8, 4) is 0 Å². The van der Waals surface area contributed by atoms with Crippen LogP contribution in [0.5, 0.6) is 0 Å². The lowest BCUT2D eigenvalue weighted by atomic mass is 9.78. The molecule has 0 aliphatic carbocycles. The highest BCUT2D eigenvalue weighted by molar-refractivity contribution is 5.90. The summed E-state index contributed by atoms with van der Waals surface area (Å²) in [6, 6.07) is 17.6. The van der Waals surface area contributed by atoms with Gasteiger partial charge in [0.05, 0.1) is 11.1 Å². The molecule has 26 heavy (non-hydrogen) atoms. The smallest absolute Gasteiger partial charge is 0.338 e. The van der Waals surface area contributed by atoms with E-state index < -0.39 is 23.1 Å². The normalized spacial score (nSPS) is 13.8. The van der Waals surface area contributed by atoms with Crippen molar-refractivity contribution < 1.29 is 19.1 Å². The fraction of sp³-hybridized carbons (Fsp3) is 0.364. The lowest BCUT2D eigenvalue weighted by Gasteiger charge is -2.45. The Kier molecular flexibility index (Phi) is 5.86. The summed E-state index contributed by atoms with van der Waals surface area (Å²) in [5.74, 6) is -0.961. The minimum absolute atomic E-state index is 0.0752. The summed E-state index contributed by atoms with van der Waals surface area (Å²) in [5.41, 5.74) is -1.12. The molecule has 0 aromatic heterocycles. The standard InChI is InChI=1S/C22H26O4/c1-16(2)22(5,26-20(24)18-14-10-7-11-15-18)21(3,4)25-19(23)17-12-8-6-9-13-17/h6-16H,1-5H3. The van der Waals surface area contributed by atoms with E-state index in [0.29, 0.717) is 11.1 Å². The Labute approximate surface area is 155 Å². The first-order chi connectivity index (χ1) is 12.2. The molecule has 0 spiro atoms. The number of hydrogen-bond acceptors (Lipinski definition) is 4. The lowest BCUT2D eigenvalue weighted by molar-refractivity contribution is -0.154. The molecule has 2 rings (SSSR count). The van der Waals surface area contributed by atoms with Crippen LogP contribution in [0.2, 0.25) is 0 Å². The fourth-order valence-corrected chi connectivity index (χ4v) is 2.73. The Morgan fingerprint density at radius 2 is 1.12 bits per heavy atom. The summed E-state index contributed by atoms with van der Waals surface area (Å²) in [6.07, 6.45) is 0. The molecule has 2 aromatic carbocycles. The summed E-state index contributed by atoms with van der Waals surface area (Å²) >= 11 is 0. The Hall–Kier alpha value is -2.62. The van der Waals surface area contributed by atoms with E-state index in [4.69, 9.17) is 9.47 Å². The Morgan fingerprint density at radius 1 is 0.731 bits per heavy atom. The second-order valence-electron chi connectivity index (χ2n) is 7.28. The maximum Gasteiger partial charge on any atom is 0.338 e. The van der Waals surface area contributed by atoms with Crippen LogP contribution in [-0.2, 0) is 9.47 Å². The third-order valence-electron chi connectivity index (χ3n) is 4.97. The molecular weight excluding hydrogens is 328 g/mol. The van der Waals surface area contributed by atoms with E-state index in [1.165, 1.54) is 0 Å². The van der Waals surface area contributed by atoms with Crippen LogP contribution in [0.1, 0.15) is 55.3 Å². The van der Waals surface area contributed by atoms with Crippen LogP contribution in [0.15, 0.2) is 60.7 Å². The maximum absolute atomic E-state index is 12.6. The van der Waals surface area contributed by atoms with Crippen LogP contribution in [0.25, 0.3) is 0 Å². The van der Waals surface area contributed by atoms with Crippen LogP contribution in [0.4, 0.5) is 0 Å². The van der Waals surface area contributed by atoms with Crippen molar-refractivity contribution in [2.75, 3.05) is 0 Å². The van der Waals surface area contributed by atoms with E-state index in [1.54, 1.807) is 69.3 Å². The highest BCUT2D eigenvalue weighted by atomic mass is 16.6. The van der Waals surface area contributed by atoms with Gasteiger partial charge in [-0.2, -0.15) is 0 Å². The molecule has 4 heteroatoms. The van der Waals surface area contributed by atoms with Crippen LogP contribution >= 0.6 is 0 Å². The van der Waals surface area contributed by atoms with Crippen LogP contribution in [-0.4, -0.2) is 23.1 Å². The van der Waals surface area contributed by atoms with Crippen molar-refractivity contribution in [1.82, 2.24) is 0 Å². The molecule has 4 nitrogen and oxygen atoms in total. The number of benzene rings is 2. The Morgan fingerprint density at radius 3 is 1.50 bits per heavy atom. The molecular formula is C22H26O4. The largest absolute Gasteiger partial charge is 0.452 e. The lowest BCUT2D eigenvalue weighted by Crippen LogP contribution is -2.56. The van der Waals surface area contributed by atoms with Gasteiger partial charge in [0, 0.05) is 0 Å². The molecule has 0 saturated heterocycles. The van der Waals surface area contributed by atoms with Crippen molar-refractivity contribution in [2.24, 2.45) is 5.92 Å². The molecule has 0 saturated carbocycles. The summed E-state index contributed by atoms with van der Waals surface area (Å²) < 4.78 is 11.6. The van der Waals surface area contributed by atoms with E-state index in [9.17, 15) is 9.59 Å². The number of esters is 2. The second-order valence-corrected chi connectivity index (χ2v) is 7.28. The predicted octanol–water partition coefficient (Wildman–Crippen LogP) is 4.89. The van der Waals surface area contributed by atoms with E-state index in [1.807, 2.05) is 26.0 Å². The van der Waals surface area contributed by atoms with Gasteiger partial charge in [-0.25, -0.2) is 9.59 Å². The van der Waals surface area contributed by atoms with Gasteiger partial charge in [-0.05, 0) is 51.0 Å². The average molecular weight is 354 g/mol. The number of hydrogen-bond donors (Lipinski definition) is 0. The molecule has 2 aromatic rings. The molecule has 1 unspecified atom stereocenters. The first kappa shape index (κ1) is 19.7. The number of rotatable bonds is 6. The van der Waals surface area contributed by atoms with Gasteiger partial charge in [0.2, 0.25) is 0 Å². The minimum atomic E-state index is -1.03. The minimum Gasteiger partial charge on any atom is -0.452 e. The monoisotopic (exact) mass is 354 g/mol. The summed E-state index contributed by atoms with van der Waals surface area (Å²) in [5, 5.41) is 0. The molecule has 1 atom stereocenters. The van der Waals surface area contributed by atoms with Crippen molar-refractivity contribution in [1.29, 1.82) is 0 Å². The first-order valence-electron chi connectivity index (χ1n) is 8.74. The number of carbonyl (C=O) groups is 2. The topological polar surface area (TPSA) is 52.6 Å². The average Bonchev–Trinajstić information content (AvgIpc) is 2.62. The van der Waals surface area contributed by atoms with Gasteiger partial charge < -0.3 is 9.47 Å². The summed E-state index contributed by atoms with van der Waals surface area (Å²) in [4.78, 5) is 25.1. The van der Waals surface area contributed by atoms with E-state index in [0.717, 1.165) is 0 Å². The number of carbonyl (C=O) groups excluding carboxylic acids is 2. The third-order valence-corrected chi connectivity index (χ3v) is 4.97. The highest BCUT2D eigenvalue weighted by Gasteiger charge is 2.50. The summed E-state index contributed by atoms with van der Waals surface area (Å²) in [6.45, 7) is 9.22. The van der Waals surface area contributed by atoms with Crippen LogP contribution < -0.4 is 0 Å². The zero-order chi connectivity index (χ0) is 19.4. The second kappa shape index (κ2) is 7.73. The van der Waals surface area contributed by atoms with E-state index in [2.05, 4.69) is 0 Å². The van der Waals surface area contributed by atoms with E-state index in [-0.39, 0.29) is 5.92 Å². The predicted molar refractivity (Wildman–Crippen MR) is 101 cm³/mol. The maximum atomic E-state index is 12.6. The Bertz CT molecular complexity index is 750. The van der Waals surface area contributed by atoms with Gasteiger partial charge in [-0.15, -0.1) is 0 Å². The van der Waals surface area contributed by atoms with Crippen molar-refractivity contribution >= 4 is 11.9 Å². The van der Waals surface area contributed by atoms with Gasteiger partial charge in [0.1, 0.15) is 5.60 Å². The van der Waals surface area contributed by atoms with Gasteiger partial charge in [0.25, 0.3) is 0 Å². The van der Waals surface area contributed by atoms with Gasteiger partial charge in [-0.1, -0.05) is 50.2 Å². The van der Waals surface area contributed by atoms with Gasteiger partial charge in [-0.3, -0.25) is 0 Å². The molecule has 0 fully saturated rings. The molecule has 0 aliphatic rings. The zero-order valence-electron chi connectivity index (χ0n) is 16.0. The van der Waals surface area contributed by atoms with Crippen molar-refractivity contribution in [3.63, 3.8) is 0 Å². The third kappa shape index (κ3) is 4.13. The molecule has 0 heterocycles. The summed E-state index contributed by atoms with van der Waals surface area (Å²) in [7, 11) is 0. The Balaban J connectivity index is 2.25. The molecule has 0 aliphatic heterocycles. The van der Waals surface area contributed by atoms with Crippen LogP contribution in [0, 0.1) is 5.92 Å². The molecule has 0 radical (unpaired) electrons. The SMILES string of the molecule is CC(C)C(C)(OC(=O)c1ccccc1)C(C)(C)OC(=O)c1ccccc1. The van der Waals surface area contributed by atoms with Crippen molar-refractivity contribution in [3.05, 3.63) is 71.8 Å². The quantitative estimate of drug-likeness (QED) is 0.693. The molecule has 138 valence electrons. The molecule has 0 bridgehead atoms. The van der Waals surface area contributed by atoms with Gasteiger partial charge >= 0.3 is 11.9 Å². The van der Waals surface area contributed by atoms with Gasteiger partial charge in [0.15, 0.2) is 5.60 Å². The van der Waals surface area contributed by atoms with Crippen molar-refractivity contribution in [2.45, 2.75) is 45.8 Å². The fourth-order valence-electron chi connectivity index (χ4n) is 2.73. The first-order valence-corrected chi connectivity index (χ1v) is 8.74. The van der Waals surface area contributed by atoms with E-state index >= 15 is 0 Å². The van der Waals surface area contributed by atoms with Crippen LogP contribution in [0.3, 0.4) is 0 Å². The molecule has 0 amide bonds. The number of ether oxygens (including phenoxy) is 2. The zero-order valence-corrected chi connectivity index (χ0v) is 16.0.